The smallest absolute Gasteiger partial charge is 0.221 e. The second-order valence-corrected chi connectivity index (χ2v) is 5.66. The SMILES string of the molecule is CN=C(NCCC(=O)NC(C)C)NCC(C)c1ccccc1. The zero-order valence-electron chi connectivity index (χ0n) is 14.0. The van der Waals surface area contributed by atoms with Crippen LogP contribution in [-0.4, -0.2) is 38.0 Å². The largest absolute Gasteiger partial charge is 0.356 e. The average Bonchev–Trinajstić information content (AvgIpc) is 2.50. The zero-order chi connectivity index (χ0) is 16.4. The van der Waals surface area contributed by atoms with E-state index < -0.39 is 0 Å². The fraction of sp³-hybridized carbons (Fsp3) is 0.529. The number of nitrogens with one attached hydrogen (secondary N) is 3. The Balaban J connectivity index is 2.30. The zero-order valence-corrected chi connectivity index (χ0v) is 14.0. The van der Waals surface area contributed by atoms with Crippen LogP contribution in [0.25, 0.3) is 0 Å². The van der Waals surface area contributed by atoms with E-state index in [2.05, 4.69) is 40.0 Å². The summed E-state index contributed by atoms with van der Waals surface area (Å²) in [5.74, 6) is 1.17. The number of amides is 1. The predicted molar refractivity (Wildman–Crippen MR) is 92.1 cm³/mol. The van der Waals surface area contributed by atoms with Gasteiger partial charge in [0.05, 0.1) is 0 Å². The third-order valence-electron chi connectivity index (χ3n) is 3.26. The van der Waals surface area contributed by atoms with Crippen molar-refractivity contribution in [3.05, 3.63) is 35.9 Å². The van der Waals surface area contributed by atoms with Crippen molar-refractivity contribution in [3.63, 3.8) is 0 Å². The van der Waals surface area contributed by atoms with Gasteiger partial charge in [-0.25, -0.2) is 0 Å². The minimum atomic E-state index is 0.0515. The summed E-state index contributed by atoms with van der Waals surface area (Å²) in [7, 11) is 1.73. The standard InChI is InChI=1S/C17H28N4O/c1-13(2)21-16(22)10-11-19-17(18-4)20-12-14(3)15-8-6-5-7-9-15/h5-9,13-14H,10-12H2,1-4H3,(H,21,22)(H2,18,19,20). The molecule has 0 spiro atoms. The van der Waals surface area contributed by atoms with Gasteiger partial charge in [0.15, 0.2) is 5.96 Å². The molecular weight excluding hydrogens is 276 g/mol. The minimum absolute atomic E-state index is 0.0515. The number of hydrogen-bond acceptors (Lipinski definition) is 2. The van der Waals surface area contributed by atoms with Crippen molar-refractivity contribution in [2.24, 2.45) is 4.99 Å². The Bertz CT molecular complexity index is 471. The van der Waals surface area contributed by atoms with Gasteiger partial charge >= 0.3 is 0 Å². The van der Waals surface area contributed by atoms with Gasteiger partial charge < -0.3 is 16.0 Å². The molecule has 1 aromatic rings. The molecule has 122 valence electrons. The number of aliphatic imine (C=N–C) groups is 1. The molecule has 1 atom stereocenters. The van der Waals surface area contributed by atoms with Gasteiger partial charge in [0.2, 0.25) is 5.91 Å². The maximum Gasteiger partial charge on any atom is 0.221 e. The molecule has 0 aliphatic heterocycles. The summed E-state index contributed by atoms with van der Waals surface area (Å²) >= 11 is 0. The quantitative estimate of drug-likeness (QED) is 0.532. The molecular formula is C17H28N4O. The molecule has 0 aliphatic rings. The van der Waals surface area contributed by atoms with Gasteiger partial charge in [-0.15, -0.1) is 0 Å². The maximum atomic E-state index is 11.6. The van der Waals surface area contributed by atoms with Gasteiger partial charge in [-0.1, -0.05) is 37.3 Å². The van der Waals surface area contributed by atoms with Crippen molar-refractivity contribution in [1.29, 1.82) is 0 Å². The lowest BCUT2D eigenvalue weighted by molar-refractivity contribution is -0.121. The van der Waals surface area contributed by atoms with Crippen LogP contribution in [0.3, 0.4) is 0 Å². The Morgan fingerprint density at radius 1 is 1.14 bits per heavy atom. The summed E-state index contributed by atoms with van der Waals surface area (Å²) in [6.07, 6.45) is 0.438. The van der Waals surface area contributed by atoms with Crippen molar-refractivity contribution >= 4 is 11.9 Å². The second kappa shape index (κ2) is 9.82. The number of hydrogen-bond donors (Lipinski definition) is 3. The third-order valence-corrected chi connectivity index (χ3v) is 3.26. The first-order valence-electron chi connectivity index (χ1n) is 7.81. The Hall–Kier alpha value is -2.04. The van der Waals surface area contributed by atoms with Gasteiger partial charge in [0, 0.05) is 32.6 Å². The molecule has 3 N–H and O–H groups in total. The van der Waals surface area contributed by atoms with E-state index in [0.29, 0.717) is 18.9 Å². The van der Waals surface area contributed by atoms with Gasteiger partial charge in [-0.2, -0.15) is 0 Å². The summed E-state index contributed by atoms with van der Waals surface area (Å²) < 4.78 is 0. The van der Waals surface area contributed by atoms with Crippen molar-refractivity contribution in [2.45, 2.75) is 39.2 Å². The van der Waals surface area contributed by atoms with E-state index in [1.54, 1.807) is 7.05 Å². The maximum absolute atomic E-state index is 11.6. The summed E-state index contributed by atoms with van der Waals surface area (Å²) in [5, 5.41) is 9.31. The lowest BCUT2D eigenvalue weighted by atomic mass is 10.0. The molecule has 0 fully saturated rings. The summed E-state index contributed by atoms with van der Waals surface area (Å²) in [4.78, 5) is 15.7. The van der Waals surface area contributed by atoms with Crippen LogP contribution in [0.4, 0.5) is 0 Å². The van der Waals surface area contributed by atoms with Crippen molar-refractivity contribution in [1.82, 2.24) is 16.0 Å². The van der Waals surface area contributed by atoms with Crippen LogP contribution in [0.15, 0.2) is 35.3 Å². The van der Waals surface area contributed by atoms with Crippen LogP contribution >= 0.6 is 0 Å². The van der Waals surface area contributed by atoms with Gasteiger partial charge in [-0.3, -0.25) is 9.79 Å². The van der Waals surface area contributed by atoms with E-state index >= 15 is 0 Å². The van der Waals surface area contributed by atoms with Crippen LogP contribution in [0.1, 0.15) is 38.7 Å². The lowest BCUT2D eigenvalue weighted by Crippen LogP contribution is -2.41. The molecule has 1 aromatic carbocycles. The molecule has 5 nitrogen and oxygen atoms in total. The highest BCUT2D eigenvalue weighted by molar-refractivity contribution is 5.81. The van der Waals surface area contributed by atoms with E-state index in [-0.39, 0.29) is 11.9 Å². The van der Waals surface area contributed by atoms with E-state index in [1.165, 1.54) is 5.56 Å². The van der Waals surface area contributed by atoms with E-state index in [4.69, 9.17) is 0 Å². The number of nitrogens with zero attached hydrogens (tertiary/aromatic N) is 1. The van der Waals surface area contributed by atoms with Gasteiger partial charge in [-0.05, 0) is 25.3 Å². The molecule has 22 heavy (non-hydrogen) atoms. The third kappa shape index (κ3) is 7.11. The minimum Gasteiger partial charge on any atom is -0.356 e. The Kier molecular flexibility index (Phi) is 8.04. The molecule has 0 heterocycles. The highest BCUT2D eigenvalue weighted by atomic mass is 16.1. The van der Waals surface area contributed by atoms with E-state index in [9.17, 15) is 4.79 Å². The first kappa shape index (κ1) is 18.0. The molecule has 5 heteroatoms. The normalized spacial score (nSPS) is 12.9. The number of rotatable bonds is 7. The summed E-state index contributed by atoms with van der Waals surface area (Å²) in [6.45, 7) is 7.44. The summed E-state index contributed by atoms with van der Waals surface area (Å²) in [6, 6.07) is 10.5. The fourth-order valence-electron chi connectivity index (χ4n) is 2.06. The molecule has 1 amide bonds. The predicted octanol–water partition coefficient (Wildman–Crippen LogP) is 1.87. The lowest BCUT2D eigenvalue weighted by Gasteiger charge is -2.16. The van der Waals surface area contributed by atoms with Crippen LogP contribution in [0, 0.1) is 0 Å². The molecule has 0 bridgehead atoms. The number of benzene rings is 1. The van der Waals surface area contributed by atoms with Gasteiger partial charge in [0.25, 0.3) is 0 Å². The molecule has 0 aromatic heterocycles. The van der Waals surface area contributed by atoms with Crippen molar-refractivity contribution in [3.8, 4) is 0 Å². The van der Waals surface area contributed by atoms with Crippen LogP contribution < -0.4 is 16.0 Å². The van der Waals surface area contributed by atoms with Crippen molar-refractivity contribution < 1.29 is 4.79 Å². The number of guanidine groups is 1. The van der Waals surface area contributed by atoms with Crippen LogP contribution in [-0.2, 0) is 4.79 Å². The highest BCUT2D eigenvalue weighted by Gasteiger charge is 2.07. The van der Waals surface area contributed by atoms with E-state index in [1.807, 2.05) is 32.0 Å². The number of carbonyl (C=O) groups is 1. The molecule has 1 rings (SSSR count). The average molecular weight is 304 g/mol. The van der Waals surface area contributed by atoms with Crippen LogP contribution in [0.2, 0.25) is 0 Å². The first-order valence-corrected chi connectivity index (χ1v) is 7.81. The topological polar surface area (TPSA) is 65.5 Å². The summed E-state index contributed by atoms with van der Waals surface area (Å²) in [5.41, 5.74) is 1.29. The Morgan fingerprint density at radius 2 is 1.82 bits per heavy atom. The van der Waals surface area contributed by atoms with Crippen molar-refractivity contribution in [2.75, 3.05) is 20.1 Å². The molecule has 0 saturated carbocycles. The molecule has 0 aliphatic carbocycles. The Morgan fingerprint density at radius 3 is 2.41 bits per heavy atom. The molecule has 0 radical (unpaired) electrons. The molecule has 1 unspecified atom stereocenters. The number of carbonyl (C=O) groups excluding carboxylic acids is 1. The van der Waals surface area contributed by atoms with Gasteiger partial charge in [0.1, 0.15) is 0 Å². The fourth-order valence-corrected chi connectivity index (χ4v) is 2.06. The molecule has 0 saturated heterocycles. The highest BCUT2D eigenvalue weighted by Crippen LogP contribution is 2.12. The van der Waals surface area contributed by atoms with E-state index in [0.717, 1.165) is 12.5 Å². The first-order chi connectivity index (χ1) is 10.5. The second-order valence-electron chi connectivity index (χ2n) is 5.66. The van der Waals surface area contributed by atoms with Crippen LogP contribution in [0.5, 0.6) is 0 Å². The Labute approximate surface area is 133 Å². The monoisotopic (exact) mass is 304 g/mol.